The third-order valence-corrected chi connectivity index (χ3v) is 18.2. The molecular weight excluding hydrogens is 1030 g/mol. The van der Waals surface area contributed by atoms with Crippen LogP contribution in [0.4, 0.5) is 0 Å². The summed E-state index contributed by atoms with van der Waals surface area (Å²) in [4.78, 5) is 24.7. The first-order valence-corrected chi connectivity index (χ1v) is 38.6. The van der Waals surface area contributed by atoms with Crippen LogP contribution >= 0.6 is 0 Å². The quantitative estimate of drug-likeness (QED) is 0.0320. The maximum atomic E-state index is 12.6. The van der Waals surface area contributed by atoms with Crippen LogP contribution in [0.5, 0.6) is 0 Å². The Morgan fingerprint density at radius 1 is 0.321 bits per heavy atom. The summed E-state index contributed by atoms with van der Waals surface area (Å²) in [5, 5.41) is 23.5. The van der Waals surface area contributed by atoms with Crippen LogP contribution in [0.2, 0.25) is 0 Å². The SMILES string of the molecule is CCCCCCCCC/C=C\CCCCCCCCCC(=O)OCCCCCCCCCCCCCC/C=C\CCCCCCCCCCCCC(=O)NC(CO)C(O)CCCCCCCCCCCCCCCCCCCCCCCCC. The molecule has 0 fully saturated rings. The fourth-order valence-corrected chi connectivity index (χ4v) is 12.3. The summed E-state index contributed by atoms with van der Waals surface area (Å²) in [6.07, 6.45) is 93.9. The lowest BCUT2D eigenvalue weighted by atomic mass is 10.0. The summed E-state index contributed by atoms with van der Waals surface area (Å²) in [6.45, 7) is 5.00. The van der Waals surface area contributed by atoms with Crippen LogP contribution in [0.25, 0.3) is 0 Å². The van der Waals surface area contributed by atoms with E-state index in [0.29, 0.717) is 25.9 Å². The summed E-state index contributed by atoms with van der Waals surface area (Å²) in [7, 11) is 0. The summed E-state index contributed by atoms with van der Waals surface area (Å²) < 4.78 is 5.51. The van der Waals surface area contributed by atoms with Gasteiger partial charge in [0, 0.05) is 12.8 Å². The Balaban J connectivity index is 3.38. The predicted molar refractivity (Wildman–Crippen MR) is 370 cm³/mol. The van der Waals surface area contributed by atoms with Gasteiger partial charge in [0.05, 0.1) is 25.4 Å². The molecule has 2 atom stereocenters. The lowest BCUT2D eigenvalue weighted by molar-refractivity contribution is -0.143. The zero-order valence-electron chi connectivity index (χ0n) is 57.2. The first-order valence-electron chi connectivity index (χ1n) is 38.6. The van der Waals surface area contributed by atoms with Gasteiger partial charge >= 0.3 is 5.97 Å². The van der Waals surface area contributed by atoms with E-state index in [0.717, 1.165) is 44.9 Å². The van der Waals surface area contributed by atoms with Crippen molar-refractivity contribution in [1.82, 2.24) is 5.32 Å². The Morgan fingerprint density at radius 2 is 0.560 bits per heavy atom. The number of carbonyl (C=O) groups is 2. The van der Waals surface area contributed by atoms with Gasteiger partial charge in [-0.15, -0.1) is 0 Å². The zero-order valence-corrected chi connectivity index (χ0v) is 57.2. The molecule has 0 aliphatic carbocycles. The number of allylic oxidation sites excluding steroid dienone is 4. The van der Waals surface area contributed by atoms with E-state index in [1.165, 1.54) is 360 Å². The molecule has 0 aliphatic heterocycles. The van der Waals surface area contributed by atoms with Crippen LogP contribution in [-0.4, -0.2) is 47.4 Å². The molecule has 0 rings (SSSR count). The van der Waals surface area contributed by atoms with Crippen LogP contribution in [-0.2, 0) is 14.3 Å². The Bertz CT molecular complexity index is 1320. The average molecular weight is 1180 g/mol. The van der Waals surface area contributed by atoms with Gasteiger partial charge in [-0.2, -0.15) is 0 Å². The Morgan fingerprint density at radius 3 is 0.845 bits per heavy atom. The van der Waals surface area contributed by atoms with Gasteiger partial charge in [0.2, 0.25) is 5.91 Å². The number of aliphatic hydroxyl groups excluding tert-OH is 2. The van der Waals surface area contributed by atoms with Crippen molar-refractivity contribution in [3.05, 3.63) is 24.3 Å². The van der Waals surface area contributed by atoms with Gasteiger partial charge in [0.25, 0.3) is 0 Å². The van der Waals surface area contributed by atoms with Gasteiger partial charge in [-0.25, -0.2) is 0 Å². The maximum absolute atomic E-state index is 12.6. The topological polar surface area (TPSA) is 95.9 Å². The third-order valence-electron chi connectivity index (χ3n) is 18.2. The number of nitrogens with one attached hydrogen (secondary N) is 1. The van der Waals surface area contributed by atoms with E-state index in [2.05, 4.69) is 43.5 Å². The second-order valence-corrected chi connectivity index (χ2v) is 26.7. The van der Waals surface area contributed by atoms with E-state index in [1.54, 1.807) is 0 Å². The Hall–Kier alpha value is -1.66. The molecule has 84 heavy (non-hydrogen) atoms. The molecule has 0 aromatic rings. The zero-order chi connectivity index (χ0) is 60.6. The van der Waals surface area contributed by atoms with Gasteiger partial charge in [0.1, 0.15) is 0 Å². The highest BCUT2D eigenvalue weighted by molar-refractivity contribution is 5.76. The fourth-order valence-electron chi connectivity index (χ4n) is 12.3. The first-order chi connectivity index (χ1) is 41.5. The van der Waals surface area contributed by atoms with E-state index in [9.17, 15) is 19.8 Å². The highest BCUT2D eigenvalue weighted by Crippen LogP contribution is 2.20. The number of hydrogen-bond donors (Lipinski definition) is 3. The van der Waals surface area contributed by atoms with Gasteiger partial charge in [-0.1, -0.05) is 372 Å². The Labute approximate surface area is 526 Å². The summed E-state index contributed by atoms with van der Waals surface area (Å²) in [5.41, 5.74) is 0. The van der Waals surface area contributed by atoms with E-state index < -0.39 is 12.1 Å². The molecule has 6 heteroatoms. The minimum absolute atomic E-state index is 0.0126. The fraction of sp³-hybridized carbons (Fsp3) is 0.923. The number of aliphatic hydroxyl groups is 2. The smallest absolute Gasteiger partial charge is 0.305 e. The molecule has 498 valence electrons. The number of unbranched alkanes of at least 4 members (excludes halogenated alkanes) is 58. The molecule has 1 amide bonds. The van der Waals surface area contributed by atoms with E-state index in [-0.39, 0.29) is 18.5 Å². The lowest BCUT2D eigenvalue weighted by Crippen LogP contribution is -2.45. The molecular formula is C78H151NO5. The second kappa shape index (κ2) is 73.8. The van der Waals surface area contributed by atoms with Gasteiger partial charge in [0.15, 0.2) is 0 Å². The molecule has 0 spiro atoms. The minimum Gasteiger partial charge on any atom is -0.466 e. The van der Waals surface area contributed by atoms with Gasteiger partial charge < -0.3 is 20.3 Å². The molecule has 0 aromatic carbocycles. The van der Waals surface area contributed by atoms with Gasteiger partial charge in [-0.3, -0.25) is 9.59 Å². The monoisotopic (exact) mass is 1180 g/mol. The number of carbonyl (C=O) groups excluding carboxylic acids is 2. The molecule has 2 unspecified atom stereocenters. The number of hydrogen-bond acceptors (Lipinski definition) is 5. The third kappa shape index (κ3) is 69.4. The second-order valence-electron chi connectivity index (χ2n) is 26.7. The molecule has 0 saturated heterocycles. The number of amides is 1. The molecule has 0 saturated carbocycles. The molecule has 0 bridgehead atoms. The van der Waals surface area contributed by atoms with Crippen molar-refractivity contribution in [1.29, 1.82) is 0 Å². The number of esters is 1. The standard InChI is InChI=1S/C78H151NO5/c1-3-5-7-9-11-13-15-17-19-21-23-24-29-32-35-38-42-46-50-54-58-62-66-70-76(81)75(74-80)79-77(82)71-67-63-59-55-51-47-43-39-36-33-30-27-25-26-28-31-34-37-41-45-49-53-57-61-65-69-73-84-78(83)72-68-64-60-56-52-48-44-40-22-20-18-16-14-12-10-8-6-4-2/h20,22,25,27,75-76,80-81H,3-19,21,23-24,26,28-74H2,1-2H3,(H,79,82)/b22-20-,27-25-. The summed E-state index contributed by atoms with van der Waals surface area (Å²) in [6, 6.07) is -0.544. The Kier molecular flexibility index (Phi) is 72.3. The van der Waals surface area contributed by atoms with Crippen LogP contribution in [0.1, 0.15) is 438 Å². The van der Waals surface area contributed by atoms with Crippen molar-refractivity contribution in [2.24, 2.45) is 0 Å². The maximum Gasteiger partial charge on any atom is 0.305 e. The van der Waals surface area contributed by atoms with Crippen LogP contribution in [0, 0.1) is 0 Å². The van der Waals surface area contributed by atoms with Crippen molar-refractivity contribution in [2.75, 3.05) is 13.2 Å². The molecule has 6 nitrogen and oxygen atoms in total. The normalized spacial score (nSPS) is 12.6. The van der Waals surface area contributed by atoms with Crippen molar-refractivity contribution >= 4 is 11.9 Å². The highest BCUT2D eigenvalue weighted by Gasteiger charge is 2.20. The lowest BCUT2D eigenvalue weighted by Gasteiger charge is -2.22. The number of rotatable bonds is 73. The number of ether oxygens (including phenoxy) is 1. The van der Waals surface area contributed by atoms with Crippen molar-refractivity contribution < 1.29 is 24.5 Å². The van der Waals surface area contributed by atoms with E-state index in [1.807, 2.05) is 0 Å². The molecule has 0 heterocycles. The van der Waals surface area contributed by atoms with Crippen molar-refractivity contribution in [3.8, 4) is 0 Å². The average Bonchev–Trinajstić information content (AvgIpc) is 3.51. The van der Waals surface area contributed by atoms with Gasteiger partial charge in [-0.05, 0) is 77.0 Å². The van der Waals surface area contributed by atoms with Crippen molar-refractivity contribution in [2.45, 2.75) is 450 Å². The highest BCUT2D eigenvalue weighted by atomic mass is 16.5. The molecule has 0 aliphatic rings. The largest absolute Gasteiger partial charge is 0.466 e. The van der Waals surface area contributed by atoms with E-state index in [4.69, 9.17) is 4.74 Å². The first kappa shape index (κ1) is 82.3. The molecule has 0 aromatic heterocycles. The summed E-state index contributed by atoms with van der Waals surface area (Å²) >= 11 is 0. The van der Waals surface area contributed by atoms with Crippen LogP contribution < -0.4 is 5.32 Å². The minimum atomic E-state index is -0.667. The summed E-state index contributed by atoms with van der Waals surface area (Å²) in [5.74, 6) is -0.0190. The van der Waals surface area contributed by atoms with Crippen LogP contribution in [0.15, 0.2) is 24.3 Å². The predicted octanol–water partition coefficient (Wildman–Crippen LogP) is 25.3. The van der Waals surface area contributed by atoms with Crippen LogP contribution in [0.3, 0.4) is 0 Å². The molecule has 0 radical (unpaired) electrons. The van der Waals surface area contributed by atoms with E-state index >= 15 is 0 Å². The molecule has 3 N–H and O–H groups in total. The van der Waals surface area contributed by atoms with Crippen molar-refractivity contribution in [3.63, 3.8) is 0 Å².